The van der Waals surface area contributed by atoms with E-state index < -0.39 is 5.97 Å². The summed E-state index contributed by atoms with van der Waals surface area (Å²) in [6, 6.07) is 0.110. The SMILES string of the molecule is CCCCCCCCC(N(C)C)C(OCC)(OCC)OCC. The Hall–Kier alpha value is -0.160. The summed E-state index contributed by atoms with van der Waals surface area (Å²) >= 11 is 0. The molecule has 1 atom stereocenters. The van der Waals surface area contributed by atoms with Gasteiger partial charge in [-0.1, -0.05) is 45.4 Å². The van der Waals surface area contributed by atoms with Crippen molar-refractivity contribution in [3.8, 4) is 0 Å². The topological polar surface area (TPSA) is 30.9 Å². The fraction of sp³-hybridized carbons (Fsp3) is 1.00. The van der Waals surface area contributed by atoms with Crippen LogP contribution in [-0.2, 0) is 14.2 Å². The number of unbranched alkanes of at least 4 members (excludes halogenated alkanes) is 5. The van der Waals surface area contributed by atoms with Crippen molar-refractivity contribution in [2.75, 3.05) is 33.9 Å². The lowest BCUT2D eigenvalue weighted by Gasteiger charge is -2.42. The summed E-state index contributed by atoms with van der Waals surface area (Å²) in [6.45, 7) is 9.98. The van der Waals surface area contributed by atoms with Crippen LogP contribution in [0.2, 0.25) is 0 Å². The van der Waals surface area contributed by atoms with Crippen LogP contribution in [0.4, 0.5) is 0 Å². The van der Waals surface area contributed by atoms with Gasteiger partial charge in [0.2, 0.25) is 0 Å². The lowest BCUT2D eigenvalue weighted by atomic mass is 10.0. The Bertz CT molecular complexity index is 229. The molecule has 4 nitrogen and oxygen atoms in total. The molecule has 0 aromatic carbocycles. The summed E-state index contributed by atoms with van der Waals surface area (Å²) in [5.74, 6) is -0.939. The van der Waals surface area contributed by atoms with Gasteiger partial charge in [-0.05, 0) is 41.3 Å². The van der Waals surface area contributed by atoms with Gasteiger partial charge in [-0.2, -0.15) is 0 Å². The van der Waals surface area contributed by atoms with Crippen molar-refractivity contribution in [1.29, 1.82) is 0 Å². The number of likely N-dealkylation sites (N-methyl/N-ethyl adjacent to an activating group) is 1. The second kappa shape index (κ2) is 13.3. The summed E-state index contributed by atoms with van der Waals surface area (Å²) in [7, 11) is 4.15. The highest BCUT2D eigenvalue weighted by atomic mass is 16.9. The maximum absolute atomic E-state index is 5.94. The molecule has 0 saturated heterocycles. The van der Waals surface area contributed by atoms with Crippen LogP contribution in [0.1, 0.15) is 72.6 Å². The molecule has 0 aliphatic carbocycles. The van der Waals surface area contributed by atoms with Crippen molar-refractivity contribution < 1.29 is 14.2 Å². The zero-order valence-electron chi connectivity index (χ0n) is 15.8. The van der Waals surface area contributed by atoms with Crippen molar-refractivity contribution in [3.05, 3.63) is 0 Å². The second-order valence-electron chi connectivity index (χ2n) is 5.94. The molecule has 1 unspecified atom stereocenters. The average molecular weight is 318 g/mol. The van der Waals surface area contributed by atoms with E-state index in [4.69, 9.17) is 14.2 Å². The lowest BCUT2D eigenvalue weighted by molar-refractivity contribution is -0.399. The van der Waals surface area contributed by atoms with Crippen molar-refractivity contribution in [2.24, 2.45) is 0 Å². The fourth-order valence-corrected chi connectivity index (χ4v) is 2.89. The summed E-state index contributed by atoms with van der Waals surface area (Å²) in [5, 5.41) is 0. The monoisotopic (exact) mass is 317 g/mol. The largest absolute Gasteiger partial charge is 0.327 e. The molecule has 0 aliphatic heterocycles. The first-order valence-corrected chi connectivity index (χ1v) is 9.16. The third kappa shape index (κ3) is 7.91. The Morgan fingerprint density at radius 1 is 0.727 bits per heavy atom. The molecule has 0 saturated carbocycles. The summed E-state index contributed by atoms with van der Waals surface area (Å²) in [5.41, 5.74) is 0. The minimum Gasteiger partial charge on any atom is -0.327 e. The molecule has 0 spiro atoms. The van der Waals surface area contributed by atoms with E-state index in [0.29, 0.717) is 19.8 Å². The molecule has 0 aliphatic rings. The Kier molecular flexibility index (Phi) is 13.2. The Balaban J connectivity index is 4.67. The van der Waals surface area contributed by atoms with E-state index >= 15 is 0 Å². The Morgan fingerprint density at radius 2 is 1.18 bits per heavy atom. The van der Waals surface area contributed by atoms with Crippen LogP contribution in [0.5, 0.6) is 0 Å². The molecule has 0 rings (SSSR count). The van der Waals surface area contributed by atoms with Crippen LogP contribution >= 0.6 is 0 Å². The van der Waals surface area contributed by atoms with E-state index in [1.54, 1.807) is 0 Å². The van der Waals surface area contributed by atoms with Gasteiger partial charge < -0.3 is 14.2 Å². The van der Waals surface area contributed by atoms with Gasteiger partial charge in [0.1, 0.15) is 0 Å². The standard InChI is InChI=1S/C18H39NO3/c1-7-11-12-13-14-15-16-17(19(5)6)18(20-8-2,21-9-3)22-10-4/h17H,7-16H2,1-6H3. The van der Waals surface area contributed by atoms with Gasteiger partial charge in [-0.3, -0.25) is 4.90 Å². The predicted molar refractivity (Wildman–Crippen MR) is 93.1 cm³/mol. The molecule has 0 fully saturated rings. The number of hydrogen-bond acceptors (Lipinski definition) is 4. The van der Waals surface area contributed by atoms with Gasteiger partial charge in [-0.25, -0.2) is 0 Å². The fourth-order valence-electron chi connectivity index (χ4n) is 2.89. The van der Waals surface area contributed by atoms with Crippen LogP contribution in [-0.4, -0.2) is 50.8 Å². The van der Waals surface area contributed by atoms with E-state index in [2.05, 4.69) is 25.9 Å². The van der Waals surface area contributed by atoms with E-state index in [9.17, 15) is 0 Å². The van der Waals surface area contributed by atoms with Gasteiger partial charge in [-0.15, -0.1) is 0 Å². The maximum Gasteiger partial charge on any atom is 0.299 e. The number of nitrogens with zero attached hydrogens (tertiary/aromatic N) is 1. The molecule has 4 heteroatoms. The van der Waals surface area contributed by atoms with Crippen LogP contribution in [0.25, 0.3) is 0 Å². The molecule has 0 radical (unpaired) electrons. The van der Waals surface area contributed by atoms with E-state index in [-0.39, 0.29) is 6.04 Å². The third-order valence-corrected chi connectivity index (χ3v) is 3.90. The summed E-state index contributed by atoms with van der Waals surface area (Å²) in [4.78, 5) is 2.17. The van der Waals surface area contributed by atoms with Gasteiger partial charge in [0.15, 0.2) is 0 Å². The molecule has 134 valence electrons. The van der Waals surface area contributed by atoms with Crippen molar-refractivity contribution in [2.45, 2.75) is 84.7 Å². The van der Waals surface area contributed by atoms with E-state index in [1.165, 1.54) is 38.5 Å². The number of ether oxygens (including phenoxy) is 3. The predicted octanol–water partition coefficient (Wildman–Crippen LogP) is 4.43. The number of rotatable bonds is 15. The molecule has 0 amide bonds. The molecular formula is C18H39NO3. The van der Waals surface area contributed by atoms with Crippen LogP contribution in [0, 0.1) is 0 Å². The normalized spacial score (nSPS) is 13.8. The van der Waals surface area contributed by atoms with Gasteiger partial charge in [0.05, 0.1) is 6.04 Å². The quantitative estimate of drug-likeness (QED) is 0.330. The molecule has 22 heavy (non-hydrogen) atoms. The lowest BCUT2D eigenvalue weighted by Crippen LogP contribution is -2.56. The van der Waals surface area contributed by atoms with Gasteiger partial charge in [0.25, 0.3) is 5.97 Å². The van der Waals surface area contributed by atoms with E-state index in [1.807, 2.05) is 20.8 Å². The first kappa shape index (κ1) is 21.8. The molecule has 0 bridgehead atoms. The highest BCUT2D eigenvalue weighted by molar-refractivity contribution is 4.79. The van der Waals surface area contributed by atoms with E-state index in [0.717, 1.165) is 6.42 Å². The Labute approximate surface area is 138 Å². The minimum atomic E-state index is -0.939. The summed E-state index contributed by atoms with van der Waals surface area (Å²) in [6.07, 6.45) is 8.78. The zero-order valence-corrected chi connectivity index (χ0v) is 15.8. The van der Waals surface area contributed by atoms with Crippen LogP contribution < -0.4 is 0 Å². The first-order valence-electron chi connectivity index (χ1n) is 9.16. The second-order valence-corrected chi connectivity index (χ2v) is 5.94. The number of hydrogen-bond donors (Lipinski definition) is 0. The van der Waals surface area contributed by atoms with Crippen LogP contribution in [0.3, 0.4) is 0 Å². The van der Waals surface area contributed by atoms with Gasteiger partial charge >= 0.3 is 0 Å². The third-order valence-electron chi connectivity index (χ3n) is 3.90. The van der Waals surface area contributed by atoms with Gasteiger partial charge in [0, 0.05) is 19.8 Å². The van der Waals surface area contributed by atoms with Crippen molar-refractivity contribution in [3.63, 3.8) is 0 Å². The zero-order chi connectivity index (χ0) is 16.8. The van der Waals surface area contributed by atoms with Crippen molar-refractivity contribution in [1.82, 2.24) is 4.90 Å². The average Bonchev–Trinajstić information content (AvgIpc) is 2.46. The molecular weight excluding hydrogens is 278 g/mol. The highest BCUT2D eigenvalue weighted by Crippen LogP contribution is 2.28. The molecule has 0 heterocycles. The molecule has 0 N–H and O–H groups in total. The summed E-state index contributed by atoms with van der Waals surface area (Å²) < 4.78 is 17.8. The minimum absolute atomic E-state index is 0.110. The smallest absolute Gasteiger partial charge is 0.299 e. The van der Waals surface area contributed by atoms with Crippen molar-refractivity contribution >= 4 is 0 Å². The highest BCUT2D eigenvalue weighted by Gasteiger charge is 2.43. The maximum atomic E-state index is 5.94. The van der Waals surface area contributed by atoms with Crippen LogP contribution in [0.15, 0.2) is 0 Å². The Morgan fingerprint density at radius 3 is 1.59 bits per heavy atom. The molecule has 0 aromatic heterocycles. The first-order chi connectivity index (χ1) is 10.6. The molecule has 0 aromatic rings.